The summed E-state index contributed by atoms with van der Waals surface area (Å²) in [5.41, 5.74) is 6.58. The molecule has 1 atom stereocenters. The van der Waals surface area contributed by atoms with E-state index in [2.05, 4.69) is 5.32 Å². The predicted octanol–water partition coefficient (Wildman–Crippen LogP) is 1.19. The largest absolute Gasteiger partial charge is 0.454 e. The molecule has 1 amide bonds. The number of carbonyl (C=O) groups is 1. The highest BCUT2D eigenvalue weighted by Gasteiger charge is 2.14. The highest BCUT2D eigenvalue weighted by atomic mass is 35.5. The van der Waals surface area contributed by atoms with Gasteiger partial charge in [0.05, 0.1) is 6.04 Å². The molecular weight excluding hydrogens is 256 g/mol. The Labute approximate surface area is 112 Å². The van der Waals surface area contributed by atoms with Crippen LogP contribution in [0.25, 0.3) is 0 Å². The van der Waals surface area contributed by atoms with E-state index in [-0.39, 0.29) is 25.1 Å². The van der Waals surface area contributed by atoms with Crippen LogP contribution in [-0.4, -0.2) is 18.7 Å². The molecule has 1 aliphatic rings. The maximum Gasteiger partial charge on any atom is 0.237 e. The molecule has 0 saturated carbocycles. The summed E-state index contributed by atoms with van der Waals surface area (Å²) in [6.07, 6.45) is 0.632. The van der Waals surface area contributed by atoms with Gasteiger partial charge < -0.3 is 20.5 Å². The first-order valence-electron chi connectivity index (χ1n) is 5.62. The third kappa shape index (κ3) is 3.27. The fourth-order valence-electron chi connectivity index (χ4n) is 1.56. The van der Waals surface area contributed by atoms with E-state index in [1.165, 1.54) is 0 Å². The fourth-order valence-corrected chi connectivity index (χ4v) is 1.56. The van der Waals surface area contributed by atoms with Crippen LogP contribution in [0.3, 0.4) is 0 Å². The number of benzene rings is 1. The molecule has 1 aromatic carbocycles. The quantitative estimate of drug-likeness (QED) is 0.864. The molecule has 5 nitrogen and oxygen atoms in total. The van der Waals surface area contributed by atoms with Gasteiger partial charge in [-0.3, -0.25) is 4.79 Å². The van der Waals surface area contributed by atoms with Crippen LogP contribution in [0.1, 0.15) is 18.9 Å². The van der Waals surface area contributed by atoms with Gasteiger partial charge in [-0.05, 0) is 24.1 Å². The lowest BCUT2D eigenvalue weighted by Crippen LogP contribution is -2.39. The second-order valence-corrected chi connectivity index (χ2v) is 3.92. The summed E-state index contributed by atoms with van der Waals surface area (Å²) in [6, 6.07) is 5.15. The molecule has 1 aromatic rings. The van der Waals surface area contributed by atoms with Crippen molar-refractivity contribution in [2.75, 3.05) is 6.79 Å². The summed E-state index contributed by atoms with van der Waals surface area (Å²) < 4.78 is 10.5. The van der Waals surface area contributed by atoms with E-state index in [1.54, 1.807) is 0 Å². The third-order valence-corrected chi connectivity index (χ3v) is 2.68. The van der Waals surface area contributed by atoms with Crippen LogP contribution in [0.4, 0.5) is 0 Å². The number of rotatable bonds is 4. The van der Waals surface area contributed by atoms with Crippen LogP contribution >= 0.6 is 12.4 Å². The molecule has 1 heterocycles. The Hall–Kier alpha value is -1.46. The standard InChI is InChI=1S/C12H16N2O3.ClH/c1-2-9(13)12(15)14-6-8-3-4-10-11(5-8)17-7-16-10;/h3-5,9H,2,6-7,13H2,1H3,(H,14,15);1H/t9-;/m0./s1. The first-order chi connectivity index (χ1) is 8.20. The van der Waals surface area contributed by atoms with Crippen LogP contribution in [0.2, 0.25) is 0 Å². The van der Waals surface area contributed by atoms with Gasteiger partial charge in [0.15, 0.2) is 11.5 Å². The molecule has 0 aliphatic carbocycles. The average Bonchev–Trinajstić information content (AvgIpc) is 2.82. The van der Waals surface area contributed by atoms with Gasteiger partial charge in [0.2, 0.25) is 12.7 Å². The van der Waals surface area contributed by atoms with Crippen LogP contribution in [-0.2, 0) is 11.3 Å². The van der Waals surface area contributed by atoms with Crippen LogP contribution in [0, 0.1) is 0 Å². The van der Waals surface area contributed by atoms with E-state index < -0.39 is 6.04 Å². The maximum atomic E-state index is 11.5. The third-order valence-electron chi connectivity index (χ3n) is 2.68. The van der Waals surface area contributed by atoms with Crippen LogP contribution in [0.5, 0.6) is 11.5 Å². The second kappa shape index (κ2) is 6.47. The number of hydrogen-bond acceptors (Lipinski definition) is 4. The van der Waals surface area contributed by atoms with Crippen LogP contribution < -0.4 is 20.5 Å². The van der Waals surface area contributed by atoms with Crippen LogP contribution in [0.15, 0.2) is 18.2 Å². The zero-order chi connectivity index (χ0) is 12.3. The molecular formula is C12H17ClN2O3. The summed E-state index contributed by atoms with van der Waals surface area (Å²) in [6.45, 7) is 2.58. The Morgan fingerprint density at radius 1 is 1.44 bits per heavy atom. The van der Waals surface area contributed by atoms with E-state index in [0.29, 0.717) is 13.0 Å². The van der Waals surface area contributed by atoms with Crippen molar-refractivity contribution in [1.29, 1.82) is 0 Å². The number of hydrogen-bond donors (Lipinski definition) is 2. The monoisotopic (exact) mass is 272 g/mol. The van der Waals surface area contributed by atoms with Gasteiger partial charge >= 0.3 is 0 Å². The van der Waals surface area contributed by atoms with Gasteiger partial charge in [-0.2, -0.15) is 0 Å². The molecule has 6 heteroatoms. The Balaban J connectivity index is 0.00000162. The van der Waals surface area contributed by atoms with E-state index in [0.717, 1.165) is 17.1 Å². The van der Waals surface area contributed by atoms with Crippen molar-refractivity contribution in [3.63, 3.8) is 0 Å². The van der Waals surface area contributed by atoms with Gasteiger partial charge in [-0.15, -0.1) is 12.4 Å². The molecule has 18 heavy (non-hydrogen) atoms. The van der Waals surface area contributed by atoms with Crippen molar-refractivity contribution in [2.45, 2.75) is 25.9 Å². The number of ether oxygens (including phenoxy) is 2. The summed E-state index contributed by atoms with van der Waals surface area (Å²) in [5, 5.41) is 2.78. The number of nitrogens with one attached hydrogen (secondary N) is 1. The summed E-state index contributed by atoms with van der Waals surface area (Å²) in [4.78, 5) is 11.5. The second-order valence-electron chi connectivity index (χ2n) is 3.92. The lowest BCUT2D eigenvalue weighted by atomic mass is 10.2. The molecule has 2 rings (SSSR count). The Morgan fingerprint density at radius 2 is 2.17 bits per heavy atom. The van der Waals surface area contributed by atoms with Crippen molar-refractivity contribution >= 4 is 18.3 Å². The number of halogens is 1. The lowest BCUT2D eigenvalue weighted by Gasteiger charge is -2.10. The Bertz CT molecular complexity index is 426. The van der Waals surface area contributed by atoms with Crippen molar-refractivity contribution in [3.8, 4) is 11.5 Å². The Morgan fingerprint density at radius 3 is 2.89 bits per heavy atom. The van der Waals surface area contributed by atoms with Gasteiger partial charge in [0.1, 0.15) is 0 Å². The minimum absolute atomic E-state index is 0. The summed E-state index contributed by atoms with van der Waals surface area (Å²) >= 11 is 0. The number of fused-ring (bicyclic) bond motifs is 1. The van der Waals surface area contributed by atoms with Gasteiger partial charge in [-0.1, -0.05) is 13.0 Å². The zero-order valence-electron chi connectivity index (χ0n) is 10.1. The van der Waals surface area contributed by atoms with Gasteiger partial charge in [0, 0.05) is 6.54 Å². The Kier molecular flexibility index (Phi) is 5.25. The summed E-state index contributed by atoms with van der Waals surface area (Å²) in [7, 11) is 0. The first-order valence-corrected chi connectivity index (χ1v) is 5.62. The number of carbonyl (C=O) groups excluding carboxylic acids is 1. The van der Waals surface area contributed by atoms with Gasteiger partial charge in [-0.25, -0.2) is 0 Å². The first kappa shape index (κ1) is 14.6. The van der Waals surface area contributed by atoms with E-state index in [4.69, 9.17) is 15.2 Å². The fraction of sp³-hybridized carbons (Fsp3) is 0.417. The predicted molar refractivity (Wildman–Crippen MR) is 69.9 cm³/mol. The average molecular weight is 273 g/mol. The van der Waals surface area contributed by atoms with Crippen molar-refractivity contribution in [3.05, 3.63) is 23.8 Å². The van der Waals surface area contributed by atoms with E-state index in [9.17, 15) is 4.79 Å². The molecule has 0 aromatic heterocycles. The molecule has 1 aliphatic heterocycles. The molecule has 0 bridgehead atoms. The highest BCUT2D eigenvalue weighted by molar-refractivity contribution is 5.85. The van der Waals surface area contributed by atoms with Crippen molar-refractivity contribution in [1.82, 2.24) is 5.32 Å². The lowest BCUT2D eigenvalue weighted by molar-refractivity contribution is -0.122. The van der Waals surface area contributed by atoms with Crippen molar-refractivity contribution in [2.24, 2.45) is 5.73 Å². The van der Waals surface area contributed by atoms with E-state index >= 15 is 0 Å². The topological polar surface area (TPSA) is 73.6 Å². The number of amides is 1. The minimum atomic E-state index is -0.441. The molecule has 0 saturated heterocycles. The molecule has 0 unspecified atom stereocenters. The molecule has 0 spiro atoms. The summed E-state index contributed by atoms with van der Waals surface area (Å²) in [5.74, 6) is 1.33. The minimum Gasteiger partial charge on any atom is -0.454 e. The molecule has 100 valence electrons. The van der Waals surface area contributed by atoms with E-state index in [1.807, 2.05) is 25.1 Å². The SMILES string of the molecule is CC[C@H](N)C(=O)NCc1ccc2c(c1)OCO2.Cl. The normalized spacial score (nSPS) is 13.7. The highest BCUT2D eigenvalue weighted by Crippen LogP contribution is 2.32. The maximum absolute atomic E-state index is 11.5. The van der Waals surface area contributed by atoms with Gasteiger partial charge in [0.25, 0.3) is 0 Å². The molecule has 0 fully saturated rings. The smallest absolute Gasteiger partial charge is 0.237 e. The van der Waals surface area contributed by atoms with Crippen molar-refractivity contribution < 1.29 is 14.3 Å². The molecule has 0 radical (unpaired) electrons. The zero-order valence-corrected chi connectivity index (χ0v) is 11.0. The molecule has 3 N–H and O–H groups in total. The number of nitrogens with two attached hydrogens (primary N) is 1.